The summed E-state index contributed by atoms with van der Waals surface area (Å²) in [5.74, 6) is 1.93. The number of H-pyrrole nitrogens is 1. The first-order valence-electron chi connectivity index (χ1n) is 11.2. The molecule has 7 heteroatoms. The zero-order chi connectivity index (χ0) is 22.9. The molecule has 0 saturated carbocycles. The highest BCUT2D eigenvalue weighted by Crippen LogP contribution is 2.30. The number of likely N-dealkylation sites (tertiary alicyclic amines) is 1. The molecule has 2 aromatic carbocycles. The van der Waals surface area contributed by atoms with Crippen molar-refractivity contribution < 1.29 is 18.3 Å². The lowest BCUT2D eigenvalue weighted by atomic mass is 9.97. The molecule has 2 aromatic heterocycles. The molecule has 1 saturated heterocycles. The Kier molecular flexibility index (Phi) is 5.62. The van der Waals surface area contributed by atoms with Gasteiger partial charge in [0.05, 0.1) is 19.2 Å². The first kappa shape index (κ1) is 21.2. The molecule has 0 bridgehead atoms. The fourth-order valence-corrected chi connectivity index (χ4v) is 4.61. The Balaban J connectivity index is 1.31. The molecule has 33 heavy (non-hydrogen) atoms. The molecule has 1 unspecified atom stereocenters. The second-order valence-corrected chi connectivity index (χ2v) is 8.60. The first-order chi connectivity index (χ1) is 16.0. The monoisotopic (exact) mass is 447 g/mol. The second kappa shape index (κ2) is 8.73. The highest BCUT2D eigenvalue weighted by Gasteiger charge is 2.30. The number of amides is 1. The fraction of sp³-hybridized carbons (Fsp3) is 0.308. The number of hydrogen-bond acceptors (Lipinski definition) is 4. The van der Waals surface area contributed by atoms with E-state index in [0.29, 0.717) is 31.1 Å². The van der Waals surface area contributed by atoms with E-state index in [1.54, 1.807) is 19.4 Å². The van der Waals surface area contributed by atoms with E-state index in [2.05, 4.69) is 9.97 Å². The standard InChI is InChI=1S/C26H26FN3O3/c1-16-22-13-19(27)8-9-23(22)29-24(16)26(31)30-10-4-6-18(15-30)25-28-14-21(33-25)12-17-5-3-7-20(11-17)32-2/h3,5,7-9,11,13-14,18,29H,4,6,10,12,15H2,1-2H3. The van der Waals surface area contributed by atoms with Gasteiger partial charge < -0.3 is 19.0 Å². The summed E-state index contributed by atoms with van der Waals surface area (Å²) >= 11 is 0. The predicted octanol–water partition coefficient (Wildman–Crippen LogP) is 5.22. The highest BCUT2D eigenvalue weighted by molar-refractivity contribution is 6.01. The minimum Gasteiger partial charge on any atom is -0.497 e. The van der Waals surface area contributed by atoms with Crippen molar-refractivity contribution in [3.05, 3.63) is 83.0 Å². The highest BCUT2D eigenvalue weighted by atomic mass is 19.1. The summed E-state index contributed by atoms with van der Waals surface area (Å²) in [4.78, 5) is 22.8. The van der Waals surface area contributed by atoms with E-state index in [-0.39, 0.29) is 17.6 Å². The molecule has 1 amide bonds. The van der Waals surface area contributed by atoms with Gasteiger partial charge in [-0.15, -0.1) is 0 Å². The van der Waals surface area contributed by atoms with Crippen molar-refractivity contribution in [1.29, 1.82) is 0 Å². The maximum absolute atomic E-state index is 13.7. The van der Waals surface area contributed by atoms with Crippen LogP contribution in [0.15, 0.2) is 53.1 Å². The average molecular weight is 448 g/mol. The number of rotatable bonds is 5. The Morgan fingerprint density at radius 2 is 2.18 bits per heavy atom. The Labute approximate surface area is 191 Å². The SMILES string of the molecule is COc1cccc(Cc2cnc(C3CCCN(C(=O)c4[nH]c5ccc(F)cc5c4C)C3)o2)c1. The number of nitrogens with zero attached hydrogens (tertiary/aromatic N) is 2. The van der Waals surface area contributed by atoms with Crippen molar-refractivity contribution in [2.45, 2.75) is 32.1 Å². The largest absolute Gasteiger partial charge is 0.497 e. The molecule has 1 aliphatic rings. The average Bonchev–Trinajstić information content (AvgIpc) is 3.43. The lowest BCUT2D eigenvalue weighted by molar-refractivity contribution is 0.0692. The molecule has 6 nitrogen and oxygen atoms in total. The molecule has 1 N–H and O–H groups in total. The Morgan fingerprint density at radius 1 is 1.30 bits per heavy atom. The number of methoxy groups -OCH3 is 1. The molecule has 4 aromatic rings. The van der Waals surface area contributed by atoms with E-state index < -0.39 is 0 Å². The quantitative estimate of drug-likeness (QED) is 0.455. The van der Waals surface area contributed by atoms with Crippen LogP contribution in [0.2, 0.25) is 0 Å². The van der Waals surface area contributed by atoms with Gasteiger partial charge in [-0.25, -0.2) is 9.37 Å². The third-order valence-electron chi connectivity index (χ3n) is 6.38. The lowest BCUT2D eigenvalue weighted by Crippen LogP contribution is -2.39. The van der Waals surface area contributed by atoms with Crippen LogP contribution in [0.25, 0.3) is 10.9 Å². The normalized spacial score (nSPS) is 16.3. The number of aromatic amines is 1. The van der Waals surface area contributed by atoms with Crippen LogP contribution >= 0.6 is 0 Å². The minimum absolute atomic E-state index is 0.0453. The number of aromatic nitrogens is 2. The van der Waals surface area contributed by atoms with E-state index in [9.17, 15) is 9.18 Å². The van der Waals surface area contributed by atoms with Gasteiger partial charge in [-0.2, -0.15) is 0 Å². The number of halogens is 1. The Hall–Kier alpha value is -3.61. The maximum atomic E-state index is 13.7. The van der Waals surface area contributed by atoms with Gasteiger partial charge in [-0.3, -0.25) is 4.79 Å². The van der Waals surface area contributed by atoms with Crippen LogP contribution in [0.1, 0.15) is 52.0 Å². The second-order valence-electron chi connectivity index (χ2n) is 8.60. The molecule has 3 heterocycles. The molecule has 1 fully saturated rings. The van der Waals surface area contributed by atoms with Crippen LogP contribution in [-0.4, -0.2) is 41.0 Å². The molecule has 0 radical (unpaired) electrons. The summed E-state index contributed by atoms with van der Waals surface area (Å²) in [6.45, 7) is 3.07. The van der Waals surface area contributed by atoms with E-state index in [1.165, 1.54) is 12.1 Å². The van der Waals surface area contributed by atoms with E-state index >= 15 is 0 Å². The summed E-state index contributed by atoms with van der Waals surface area (Å²) in [6.07, 6.45) is 4.19. The van der Waals surface area contributed by atoms with Crippen molar-refractivity contribution in [1.82, 2.24) is 14.9 Å². The number of aryl methyl sites for hydroxylation is 1. The lowest BCUT2D eigenvalue weighted by Gasteiger charge is -2.31. The van der Waals surface area contributed by atoms with E-state index in [4.69, 9.17) is 9.15 Å². The molecular weight excluding hydrogens is 421 g/mol. The number of piperidine rings is 1. The van der Waals surface area contributed by atoms with Crippen LogP contribution in [0.4, 0.5) is 4.39 Å². The third-order valence-corrected chi connectivity index (χ3v) is 6.38. The first-order valence-corrected chi connectivity index (χ1v) is 11.2. The number of carbonyl (C=O) groups is 1. The minimum atomic E-state index is -0.310. The Bertz CT molecular complexity index is 1310. The van der Waals surface area contributed by atoms with Gasteiger partial charge in [0.1, 0.15) is 23.0 Å². The molecule has 0 aliphatic carbocycles. The molecule has 1 aliphatic heterocycles. The van der Waals surface area contributed by atoms with Crippen LogP contribution in [0, 0.1) is 12.7 Å². The number of ether oxygens (including phenoxy) is 1. The van der Waals surface area contributed by atoms with Crippen LogP contribution in [-0.2, 0) is 6.42 Å². The maximum Gasteiger partial charge on any atom is 0.270 e. The molecular formula is C26H26FN3O3. The summed E-state index contributed by atoms with van der Waals surface area (Å²) in [6, 6.07) is 12.4. The van der Waals surface area contributed by atoms with Gasteiger partial charge in [0.25, 0.3) is 5.91 Å². The Morgan fingerprint density at radius 3 is 3.03 bits per heavy atom. The van der Waals surface area contributed by atoms with Gasteiger partial charge in [-0.05, 0) is 61.2 Å². The van der Waals surface area contributed by atoms with Crippen molar-refractivity contribution in [2.75, 3.05) is 20.2 Å². The number of carbonyl (C=O) groups excluding carboxylic acids is 1. The van der Waals surface area contributed by atoms with Crippen LogP contribution in [0.5, 0.6) is 5.75 Å². The van der Waals surface area contributed by atoms with Gasteiger partial charge in [0.15, 0.2) is 5.89 Å². The zero-order valence-electron chi connectivity index (χ0n) is 18.7. The molecule has 0 spiro atoms. The van der Waals surface area contributed by atoms with Crippen molar-refractivity contribution in [3.63, 3.8) is 0 Å². The summed E-state index contributed by atoms with van der Waals surface area (Å²) in [5, 5.41) is 0.738. The van der Waals surface area contributed by atoms with Crippen molar-refractivity contribution in [3.8, 4) is 5.75 Å². The van der Waals surface area contributed by atoms with Crippen molar-refractivity contribution >= 4 is 16.8 Å². The summed E-state index contributed by atoms with van der Waals surface area (Å²) < 4.78 is 25.0. The van der Waals surface area contributed by atoms with Gasteiger partial charge >= 0.3 is 0 Å². The fourth-order valence-electron chi connectivity index (χ4n) is 4.61. The van der Waals surface area contributed by atoms with E-state index in [0.717, 1.165) is 46.4 Å². The van der Waals surface area contributed by atoms with Crippen molar-refractivity contribution in [2.24, 2.45) is 0 Å². The van der Waals surface area contributed by atoms with Gasteiger partial charge in [0, 0.05) is 30.4 Å². The van der Waals surface area contributed by atoms with Crippen LogP contribution < -0.4 is 4.74 Å². The number of oxazole rings is 1. The van der Waals surface area contributed by atoms with Gasteiger partial charge in [-0.1, -0.05) is 12.1 Å². The topological polar surface area (TPSA) is 71.4 Å². The third kappa shape index (κ3) is 4.23. The molecule has 1 atom stereocenters. The number of fused-ring (bicyclic) bond motifs is 1. The number of hydrogen-bond donors (Lipinski definition) is 1. The number of benzene rings is 2. The van der Waals surface area contributed by atoms with E-state index in [1.807, 2.05) is 36.1 Å². The van der Waals surface area contributed by atoms with Crippen LogP contribution in [0.3, 0.4) is 0 Å². The smallest absolute Gasteiger partial charge is 0.270 e. The predicted molar refractivity (Wildman–Crippen MR) is 123 cm³/mol. The van der Waals surface area contributed by atoms with Gasteiger partial charge in [0.2, 0.25) is 0 Å². The molecule has 170 valence electrons. The summed E-state index contributed by atoms with van der Waals surface area (Å²) in [5.41, 5.74) is 3.14. The molecule has 5 rings (SSSR count). The summed E-state index contributed by atoms with van der Waals surface area (Å²) in [7, 11) is 1.65. The zero-order valence-corrected chi connectivity index (χ0v) is 18.7. The number of nitrogens with one attached hydrogen (secondary N) is 1.